The summed E-state index contributed by atoms with van der Waals surface area (Å²) in [5.74, 6) is 0.779. The topological polar surface area (TPSA) is 73.8 Å². The lowest BCUT2D eigenvalue weighted by molar-refractivity contribution is 0.224. The standard InChI is InChI=1S/C21H36N4O2S.HI/c1-18-16-19(10-11-20(18)28(3,26)27)17-24-21(22-2)23-12-6-4-7-13-25-14-8-5-9-15-25;/h10-11,16H,4-9,12-15,17H2,1-3H3,(H2,22,23,24);1H. The first kappa shape index (κ1) is 26.2. The fourth-order valence-electron chi connectivity index (χ4n) is 3.67. The molecule has 0 atom stereocenters. The van der Waals surface area contributed by atoms with Gasteiger partial charge in [0.15, 0.2) is 15.8 Å². The Labute approximate surface area is 193 Å². The van der Waals surface area contributed by atoms with Crippen LogP contribution < -0.4 is 10.6 Å². The first-order valence-corrected chi connectivity index (χ1v) is 12.3. The average molecular weight is 537 g/mol. The van der Waals surface area contributed by atoms with Crippen molar-refractivity contribution in [2.75, 3.05) is 39.5 Å². The molecule has 0 saturated carbocycles. The highest BCUT2D eigenvalue weighted by atomic mass is 127. The summed E-state index contributed by atoms with van der Waals surface area (Å²) in [6.07, 6.45) is 8.99. The number of sulfone groups is 1. The average Bonchev–Trinajstić information content (AvgIpc) is 2.66. The van der Waals surface area contributed by atoms with Crippen LogP contribution in [-0.2, 0) is 16.4 Å². The molecule has 2 N–H and O–H groups in total. The summed E-state index contributed by atoms with van der Waals surface area (Å²) in [7, 11) is -1.41. The Morgan fingerprint density at radius 1 is 1.10 bits per heavy atom. The monoisotopic (exact) mass is 536 g/mol. The zero-order valence-corrected chi connectivity index (χ0v) is 21.2. The molecule has 1 aromatic carbocycles. The molecular formula is C21H37IN4O2S. The van der Waals surface area contributed by atoms with Crippen molar-refractivity contribution in [2.24, 2.45) is 4.99 Å². The maximum Gasteiger partial charge on any atom is 0.191 e. The SMILES string of the molecule is CN=C(NCCCCCN1CCCCC1)NCc1ccc(S(C)(=O)=O)c(C)c1.I. The number of aryl methyl sites for hydroxylation is 1. The lowest BCUT2D eigenvalue weighted by Crippen LogP contribution is -2.37. The van der Waals surface area contributed by atoms with Crippen LogP contribution in [0, 0.1) is 6.92 Å². The van der Waals surface area contributed by atoms with Gasteiger partial charge in [-0.25, -0.2) is 8.42 Å². The fourth-order valence-corrected chi connectivity index (χ4v) is 4.63. The van der Waals surface area contributed by atoms with Crippen LogP contribution >= 0.6 is 24.0 Å². The third-order valence-corrected chi connectivity index (χ3v) is 6.47. The summed E-state index contributed by atoms with van der Waals surface area (Å²) in [4.78, 5) is 7.25. The number of piperidine rings is 1. The number of unbranched alkanes of at least 4 members (excludes halogenated alkanes) is 2. The van der Waals surface area contributed by atoms with E-state index >= 15 is 0 Å². The Bertz CT molecular complexity index is 747. The number of halogens is 1. The summed E-state index contributed by atoms with van der Waals surface area (Å²) < 4.78 is 23.4. The summed E-state index contributed by atoms with van der Waals surface area (Å²) in [5, 5.41) is 6.65. The van der Waals surface area contributed by atoms with Crippen LogP contribution in [-0.4, -0.2) is 58.8 Å². The van der Waals surface area contributed by atoms with Crippen molar-refractivity contribution in [3.63, 3.8) is 0 Å². The highest BCUT2D eigenvalue weighted by molar-refractivity contribution is 14.0. The van der Waals surface area contributed by atoms with E-state index in [9.17, 15) is 8.42 Å². The number of nitrogens with one attached hydrogen (secondary N) is 2. The normalized spacial score (nSPS) is 15.6. The van der Waals surface area contributed by atoms with Crippen LogP contribution in [0.2, 0.25) is 0 Å². The molecule has 1 saturated heterocycles. The van der Waals surface area contributed by atoms with Crippen molar-refractivity contribution >= 4 is 39.8 Å². The zero-order valence-electron chi connectivity index (χ0n) is 18.0. The second-order valence-electron chi connectivity index (χ2n) is 7.69. The summed E-state index contributed by atoms with van der Waals surface area (Å²) in [6, 6.07) is 5.45. The van der Waals surface area contributed by atoms with Gasteiger partial charge in [-0.2, -0.15) is 0 Å². The van der Waals surface area contributed by atoms with Gasteiger partial charge in [-0.15, -0.1) is 24.0 Å². The molecule has 1 aromatic rings. The number of rotatable bonds is 9. The minimum atomic E-state index is -3.17. The lowest BCUT2D eigenvalue weighted by atomic mass is 10.1. The van der Waals surface area contributed by atoms with Crippen LogP contribution in [0.3, 0.4) is 0 Å². The van der Waals surface area contributed by atoms with Gasteiger partial charge in [0.2, 0.25) is 0 Å². The van der Waals surface area contributed by atoms with E-state index < -0.39 is 9.84 Å². The van der Waals surface area contributed by atoms with E-state index in [2.05, 4.69) is 20.5 Å². The highest BCUT2D eigenvalue weighted by Crippen LogP contribution is 2.16. The Kier molecular flexibility index (Phi) is 12.1. The largest absolute Gasteiger partial charge is 0.356 e. The number of likely N-dealkylation sites (tertiary alicyclic amines) is 1. The molecule has 6 nitrogen and oxygen atoms in total. The van der Waals surface area contributed by atoms with Crippen LogP contribution in [0.25, 0.3) is 0 Å². The van der Waals surface area contributed by atoms with Crippen LogP contribution in [0.15, 0.2) is 28.1 Å². The second-order valence-corrected chi connectivity index (χ2v) is 9.67. The molecule has 0 radical (unpaired) electrons. The van der Waals surface area contributed by atoms with E-state index in [4.69, 9.17) is 0 Å². The van der Waals surface area contributed by atoms with E-state index in [-0.39, 0.29) is 24.0 Å². The van der Waals surface area contributed by atoms with Crippen molar-refractivity contribution < 1.29 is 8.42 Å². The molecule has 0 unspecified atom stereocenters. The molecule has 0 aliphatic carbocycles. The molecule has 166 valence electrons. The van der Waals surface area contributed by atoms with Gasteiger partial charge in [0.1, 0.15) is 0 Å². The van der Waals surface area contributed by atoms with Crippen molar-refractivity contribution in [1.82, 2.24) is 15.5 Å². The third-order valence-electron chi connectivity index (χ3n) is 5.21. The zero-order chi connectivity index (χ0) is 20.4. The van der Waals surface area contributed by atoms with Gasteiger partial charge < -0.3 is 15.5 Å². The van der Waals surface area contributed by atoms with Crippen molar-refractivity contribution in [3.05, 3.63) is 29.3 Å². The van der Waals surface area contributed by atoms with Gasteiger partial charge in [0.25, 0.3) is 0 Å². The quantitative estimate of drug-likeness (QED) is 0.219. The van der Waals surface area contributed by atoms with E-state index in [1.165, 1.54) is 58.0 Å². The Hall–Kier alpha value is -0.870. The van der Waals surface area contributed by atoms with Gasteiger partial charge >= 0.3 is 0 Å². The molecule has 0 aromatic heterocycles. The Morgan fingerprint density at radius 2 is 1.83 bits per heavy atom. The van der Waals surface area contributed by atoms with Crippen molar-refractivity contribution in [3.8, 4) is 0 Å². The molecule has 1 aliphatic heterocycles. The van der Waals surface area contributed by atoms with Crippen molar-refractivity contribution in [1.29, 1.82) is 0 Å². The molecule has 1 heterocycles. The van der Waals surface area contributed by atoms with Gasteiger partial charge in [-0.3, -0.25) is 4.99 Å². The number of hydrogen-bond donors (Lipinski definition) is 2. The highest BCUT2D eigenvalue weighted by Gasteiger charge is 2.11. The van der Waals surface area contributed by atoms with Crippen LogP contribution in [0.4, 0.5) is 0 Å². The van der Waals surface area contributed by atoms with E-state index in [0.29, 0.717) is 11.4 Å². The molecule has 0 spiro atoms. The number of hydrogen-bond acceptors (Lipinski definition) is 4. The predicted octanol–water partition coefficient (Wildman–Crippen LogP) is 3.34. The maximum absolute atomic E-state index is 11.7. The van der Waals surface area contributed by atoms with Gasteiger partial charge in [0.05, 0.1) is 4.90 Å². The third kappa shape index (κ3) is 9.65. The van der Waals surface area contributed by atoms with Crippen LogP contribution in [0.1, 0.15) is 49.7 Å². The van der Waals surface area contributed by atoms with Gasteiger partial charge in [0, 0.05) is 26.4 Å². The second kappa shape index (κ2) is 13.4. The number of guanidine groups is 1. The predicted molar refractivity (Wildman–Crippen MR) is 132 cm³/mol. The molecule has 2 rings (SSSR count). The summed E-state index contributed by atoms with van der Waals surface area (Å²) >= 11 is 0. The number of benzene rings is 1. The first-order valence-electron chi connectivity index (χ1n) is 10.4. The number of aliphatic imine (C=N–C) groups is 1. The van der Waals surface area contributed by atoms with E-state index in [1.807, 2.05) is 19.1 Å². The van der Waals surface area contributed by atoms with E-state index in [1.54, 1.807) is 13.1 Å². The Balaban J connectivity index is 0.00000420. The minimum Gasteiger partial charge on any atom is -0.356 e. The van der Waals surface area contributed by atoms with Crippen molar-refractivity contribution in [2.45, 2.75) is 56.9 Å². The summed E-state index contributed by atoms with van der Waals surface area (Å²) in [6.45, 7) is 7.14. The molecule has 1 fully saturated rings. The Morgan fingerprint density at radius 3 is 2.45 bits per heavy atom. The lowest BCUT2D eigenvalue weighted by Gasteiger charge is -2.26. The smallest absolute Gasteiger partial charge is 0.191 e. The van der Waals surface area contributed by atoms with E-state index in [0.717, 1.165) is 30.1 Å². The molecule has 0 amide bonds. The molecule has 1 aliphatic rings. The number of nitrogens with zero attached hydrogens (tertiary/aromatic N) is 2. The molecule has 8 heteroatoms. The minimum absolute atomic E-state index is 0. The molecular weight excluding hydrogens is 499 g/mol. The van der Waals surface area contributed by atoms with Crippen LogP contribution in [0.5, 0.6) is 0 Å². The van der Waals surface area contributed by atoms with Gasteiger partial charge in [-0.1, -0.05) is 25.0 Å². The first-order chi connectivity index (χ1) is 13.4. The molecule has 29 heavy (non-hydrogen) atoms. The molecule has 0 bridgehead atoms. The maximum atomic E-state index is 11.7. The van der Waals surface area contributed by atoms with Gasteiger partial charge in [-0.05, 0) is 69.4 Å². The summed E-state index contributed by atoms with van der Waals surface area (Å²) in [5.41, 5.74) is 1.81. The fraction of sp³-hybridized carbons (Fsp3) is 0.667.